The van der Waals surface area contributed by atoms with Gasteiger partial charge in [-0.1, -0.05) is 22.8 Å². The highest BCUT2D eigenvalue weighted by atomic mass is 35.5. The van der Waals surface area contributed by atoms with Gasteiger partial charge in [-0.2, -0.15) is 0 Å². The molecule has 0 amide bonds. The average Bonchev–Trinajstić information content (AvgIpc) is 3.58. The molecule has 176 valence electrons. The minimum absolute atomic E-state index is 0.451. The summed E-state index contributed by atoms with van der Waals surface area (Å²) in [6, 6.07) is 23.8. The summed E-state index contributed by atoms with van der Waals surface area (Å²) in [7, 11) is 0. The van der Waals surface area contributed by atoms with Gasteiger partial charge in [0.25, 0.3) is 0 Å². The molecule has 0 bridgehead atoms. The van der Waals surface area contributed by atoms with Crippen LogP contribution in [0.15, 0.2) is 94.8 Å². The van der Waals surface area contributed by atoms with Crippen molar-refractivity contribution in [2.24, 2.45) is 5.16 Å². The van der Waals surface area contributed by atoms with Gasteiger partial charge < -0.3 is 19.5 Å². The van der Waals surface area contributed by atoms with Crippen LogP contribution in [0.25, 0.3) is 11.3 Å². The molecule has 7 nitrogen and oxygen atoms in total. The summed E-state index contributed by atoms with van der Waals surface area (Å²) in [6.45, 7) is 3.99. The Morgan fingerprint density at radius 2 is 1.60 bits per heavy atom. The maximum absolute atomic E-state index is 6.22. The first-order chi connectivity index (χ1) is 17.3. The summed E-state index contributed by atoms with van der Waals surface area (Å²) < 4.78 is 6.22. The molecule has 1 saturated heterocycles. The molecule has 1 fully saturated rings. The van der Waals surface area contributed by atoms with Gasteiger partial charge in [-0.15, -0.1) is 0 Å². The molecule has 0 saturated carbocycles. The van der Waals surface area contributed by atoms with Gasteiger partial charge in [-0.25, -0.2) is 0 Å². The summed E-state index contributed by atoms with van der Waals surface area (Å²) >= 11 is 6.05. The summed E-state index contributed by atoms with van der Waals surface area (Å²) in [6.07, 6.45) is 3.09. The van der Waals surface area contributed by atoms with Gasteiger partial charge in [0.1, 0.15) is 5.76 Å². The fraction of sp³-hybridized carbons (Fsp3) is 0.185. The van der Waals surface area contributed by atoms with Crippen molar-refractivity contribution in [2.75, 3.05) is 36.0 Å². The van der Waals surface area contributed by atoms with Gasteiger partial charge in [-0.3, -0.25) is 9.88 Å². The molecule has 0 spiro atoms. The Morgan fingerprint density at radius 1 is 0.857 bits per heavy atom. The van der Waals surface area contributed by atoms with Crippen LogP contribution in [0.2, 0.25) is 5.02 Å². The van der Waals surface area contributed by atoms with Crippen LogP contribution >= 0.6 is 11.6 Å². The second-order valence-electron chi connectivity index (χ2n) is 8.45. The van der Waals surface area contributed by atoms with Crippen LogP contribution in [0.4, 0.5) is 11.4 Å². The fourth-order valence-corrected chi connectivity index (χ4v) is 4.56. The Kier molecular flexibility index (Phi) is 5.86. The molecule has 4 aromatic rings. The molecule has 2 aromatic heterocycles. The van der Waals surface area contributed by atoms with Crippen molar-refractivity contribution in [2.45, 2.75) is 6.23 Å². The molecular formula is C27H24ClN5O2. The molecule has 2 aliphatic rings. The number of nitrogens with one attached hydrogen (secondary N) is 1. The number of oxime groups is 1. The third-order valence-electron chi connectivity index (χ3n) is 6.24. The third-order valence-corrected chi connectivity index (χ3v) is 6.49. The standard InChI is InChI=1S/C27H24ClN5O2/c28-21-5-3-19(4-6-21)24-11-12-25(34-24)26-31-35-27(20-2-1-13-30-18-20)33(26)23-9-7-22(8-10-23)32-16-14-29-15-17-32/h1-13,18,27,29H,14-17H2. The monoisotopic (exact) mass is 485 g/mol. The first-order valence-electron chi connectivity index (χ1n) is 11.6. The van der Waals surface area contributed by atoms with E-state index < -0.39 is 6.23 Å². The highest BCUT2D eigenvalue weighted by Crippen LogP contribution is 2.37. The zero-order chi connectivity index (χ0) is 23.6. The summed E-state index contributed by atoms with van der Waals surface area (Å²) in [5.41, 5.74) is 4.01. The topological polar surface area (TPSA) is 66.1 Å². The number of amidine groups is 1. The molecule has 1 N–H and O–H groups in total. The lowest BCUT2D eigenvalue weighted by Crippen LogP contribution is -2.43. The quantitative estimate of drug-likeness (QED) is 0.413. The normalized spacial score (nSPS) is 17.9. The van der Waals surface area contributed by atoms with Crippen LogP contribution in [0.3, 0.4) is 0 Å². The molecule has 2 aliphatic heterocycles. The van der Waals surface area contributed by atoms with Gasteiger partial charge in [0, 0.05) is 66.1 Å². The highest BCUT2D eigenvalue weighted by Gasteiger charge is 2.35. The number of pyridine rings is 1. The van der Waals surface area contributed by atoms with Gasteiger partial charge in [-0.05, 0) is 66.7 Å². The second kappa shape index (κ2) is 9.44. The zero-order valence-corrected chi connectivity index (χ0v) is 19.7. The maximum Gasteiger partial charge on any atom is 0.233 e. The molecule has 0 radical (unpaired) electrons. The summed E-state index contributed by atoms with van der Waals surface area (Å²) in [5, 5.41) is 8.52. The van der Waals surface area contributed by atoms with Gasteiger partial charge in [0.2, 0.25) is 12.1 Å². The number of benzene rings is 2. The summed E-state index contributed by atoms with van der Waals surface area (Å²) in [4.78, 5) is 14.6. The van der Waals surface area contributed by atoms with Crippen molar-refractivity contribution in [3.63, 3.8) is 0 Å². The number of furan rings is 1. The first kappa shape index (κ1) is 21.7. The number of anilines is 2. The van der Waals surface area contributed by atoms with Gasteiger partial charge in [0.05, 0.1) is 0 Å². The van der Waals surface area contributed by atoms with E-state index in [-0.39, 0.29) is 0 Å². The number of hydrogen-bond acceptors (Lipinski definition) is 7. The van der Waals surface area contributed by atoms with Crippen LogP contribution in [0.5, 0.6) is 0 Å². The van der Waals surface area contributed by atoms with Crippen molar-refractivity contribution in [3.05, 3.63) is 102 Å². The van der Waals surface area contributed by atoms with E-state index in [4.69, 9.17) is 20.9 Å². The van der Waals surface area contributed by atoms with E-state index >= 15 is 0 Å². The van der Waals surface area contributed by atoms with E-state index in [9.17, 15) is 0 Å². The lowest BCUT2D eigenvalue weighted by molar-refractivity contribution is 0.0865. The molecule has 35 heavy (non-hydrogen) atoms. The fourth-order valence-electron chi connectivity index (χ4n) is 4.43. The maximum atomic E-state index is 6.22. The Bertz CT molecular complexity index is 1320. The van der Waals surface area contributed by atoms with E-state index in [0.717, 1.165) is 48.8 Å². The van der Waals surface area contributed by atoms with Crippen LogP contribution in [0.1, 0.15) is 17.6 Å². The SMILES string of the molecule is Clc1ccc(-c2ccc(C3=NOC(c4cccnc4)N3c3ccc(N4CCNCC4)cc3)o2)cc1. The molecule has 4 heterocycles. The predicted octanol–water partition coefficient (Wildman–Crippen LogP) is 5.30. The van der Waals surface area contributed by atoms with E-state index in [1.807, 2.05) is 53.4 Å². The minimum Gasteiger partial charge on any atom is -0.453 e. The van der Waals surface area contributed by atoms with Crippen molar-refractivity contribution >= 4 is 28.8 Å². The highest BCUT2D eigenvalue weighted by molar-refractivity contribution is 6.30. The molecule has 0 aliphatic carbocycles. The first-order valence-corrected chi connectivity index (χ1v) is 12.0. The predicted molar refractivity (Wildman–Crippen MR) is 138 cm³/mol. The largest absolute Gasteiger partial charge is 0.453 e. The number of piperazine rings is 1. The van der Waals surface area contributed by atoms with Crippen LogP contribution in [0, 0.1) is 0 Å². The van der Waals surface area contributed by atoms with Crippen molar-refractivity contribution in [1.29, 1.82) is 0 Å². The molecule has 8 heteroatoms. The molecule has 2 aromatic carbocycles. The second-order valence-corrected chi connectivity index (χ2v) is 8.89. The molecule has 1 atom stereocenters. The Morgan fingerprint density at radius 3 is 2.34 bits per heavy atom. The Labute approximate surface area is 208 Å². The number of hydrogen-bond donors (Lipinski definition) is 1. The van der Waals surface area contributed by atoms with Gasteiger partial charge >= 0.3 is 0 Å². The van der Waals surface area contributed by atoms with E-state index in [1.165, 1.54) is 5.69 Å². The number of aromatic nitrogens is 1. The molecule has 1 unspecified atom stereocenters. The van der Waals surface area contributed by atoms with E-state index in [1.54, 1.807) is 12.4 Å². The van der Waals surface area contributed by atoms with Gasteiger partial charge in [0.15, 0.2) is 5.76 Å². The average molecular weight is 486 g/mol. The van der Waals surface area contributed by atoms with Crippen molar-refractivity contribution in [1.82, 2.24) is 10.3 Å². The number of halogens is 1. The van der Waals surface area contributed by atoms with Crippen molar-refractivity contribution < 1.29 is 9.25 Å². The third kappa shape index (κ3) is 4.36. The molecule has 6 rings (SSSR count). The number of nitrogens with zero attached hydrogens (tertiary/aromatic N) is 4. The van der Waals surface area contributed by atoms with E-state index in [2.05, 4.69) is 44.6 Å². The van der Waals surface area contributed by atoms with Crippen LogP contribution in [-0.4, -0.2) is 37.0 Å². The lowest BCUT2D eigenvalue weighted by atomic mass is 10.1. The summed E-state index contributed by atoms with van der Waals surface area (Å²) in [5.74, 6) is 1.96. The van der Waals surface area contributed by atoms with E-state index in [0.29, 0.717) is 16.6 Å². The van der Waals surface area contributed by atoms with Crippen molar-refractivity contribution in [3.8, 4) is 11.3 Å². The zero-order valence-electron chi connectivity index (χ0n) is 19.0. The van der Waals surface area contributed by atoms with Crippen LogP contribution < -0.4 is 15.1 Å². The Balaban J connectivity index is 1.34. The minimum atomic E-state index is -0.451. The Hall–Kier alpha value is -3.81. The lowest BCUT2D eigenvalue weighted by Gasteiger charge is -2.30. The van der Waals surface area contributed by atoms with Crippen LogP contribution in [-0.2, 0) is 4.84 Å². The molecular weight excluding hydrogens is 462 g/mol. The number of rotatable bonds is 5. The smallest absolute Gasteiger partial charge is 0.233 e.